The molecule has 0 amide bonds. The Morgan fingerprint density at radius 2 is 1.80 bits per heavy atom. The number of aliphatic imine (C=N–C) groups is 1. The van der Waals surface area contributed by atoms with Gasteiger partial charge in [0.15, 0.2) is 17.5 Å². The zero-order valence-corrected chi connectivity index (χ0v) is 20.9. The lowest BCUT2D eigenvalue weighted by atomic mass is 10.1. The number of pyridine rings is 1. The summed E-state index contributed by atoms with van der Waals surface area (Å²) in [5.74, 6) is 3.01. The zero-order valence-electron chi connectivity index (χ0n) is 18.6. The molecule has 2 aromatic rings. The first-order valence-corrected chi connectivity index (χ1v) is 9.81. The Balaban J connectivity index is 0.00000450. The van der Waals surface area contributed by atoms with Crippen LogP contribution >= 0.6 is 24.0 Å². The highest BCUT2D eigenvalue weighted by Crippen LogP contribution is 2.26. The summed E-state index contributed by atoms with van der Waals surface area (Å²) >= 11 is 0. The summed E-state index contributed by atoms with van der Waals surface area (Å²) in [4.78, 5) is 9.17. The van der Waals surface area contributed by atoms with Gasteiger partial charge in [-0.3, -0.25) is 4.98 Å². The number of nitrogens with zero attached hydrogens (tertiary/aromatic N) is 2. The molecular weight excluding hydrogens is 495 g/mol. The van der Waals surface area contributed by atoms with E-state index in [0.29, 0.717) is 19.0 Å². The third-order valence-electron chi connectivity index (χ3n) is 4.44. The Morgan fingerprint density at radius 1 is 1.10 bits per heavy atom. The molecule has 0 spiro atoms. The van der Waals surface area contributed by atoms with Gasteiger partial charge in [-0.05, 0) is 39.8 Å². The third-order valence-corrected chi connectivity index (χ3v) is 4.44. The summed E-state index contributed by atoms with van der Waals surface area (Å²) in [6.07, 6.45) is 1.75. The van der Waals surface area contributed by atoms with Crippen LogP contribution in [-0.4, -0.2) is 44.4 Å². The van der Waals surface area contributed by atoms with E-state index >= 15 is 0 Å². The highest BCUT2D eigenvalue weighted by Gasteiger charge is 2.11. The molecular formula is C22H33IN4O3. The van der Waals surface area contributed by atoms with E-state index in [-0.39, 0.29) is 30.1 Å². The molecule has 0 fully saturated rings. The number of ether oxygens (including phenoxy) is 3. The molecule has 0 aliphatic carbocycles. The van der Waals surface area contributed by atoms with Crippen molar-refractivity contribution in [1.29, 1.82) is 0 Å². The maximum atomic E-state index is 5.99. The lowest BCUT2D eigenvalue weighted by Crippen LogP contribution is -2.41. The fourth-order valence-corrected chi connectivity index (χ4v) is 2.94. The van der Waals surface area contributed by atoms with Crippen molar-refractivity contribution in [3.63, 3.8) is 0 Å². The van der Waals surface area contributed by atoms with Gasteiger partial charge in [-0.15, -0.1) is 24.0 Å². The van der Waals surface area contributed by atoms with E-state index in [0.717, 1.165) is 40.6 Å². The van der Waals surface area contributed by atoms with Gasteiger partial charge in [0.05, 0.1) is 33.0 Å². The molecule has 0 aliphatic heterocycles. The van der Waals surface area contributed by atoms with E-state index < -0.39 is 0 Å². The van der Waals surface area contributed by atoms with Crippen molar-refractivity contribution >= 4 is 29.9 Å². The molecule has 1 aromatic carbocycles. The minimum Gasteiger partial charge on any atom is -0.496 e. The van der Waals surface area contributed by atoms with E-state index in [1.807, 2.05) is 58.2 Å². The first-order chi connectivity index (χ1) is 14.0. The molecule has 0 saturated carbocycles. The molecule has 1 aromatic heterocycles. The monoisotopic (exact) mass is 528 g/mol. The number of para-hydroxylation sites is 2. The van der Waals surface area contributed by atoms with Gasteiger partial charge in [-0.1, -0.05) is 12.1 Å². The lowest BCUT2D eigenvalue weighted by molar-refractivity contribution is 0.213. The van der Waals surface area contributed by atoms with E-state index in [9.17, 15) is 0 Å². The Morgan fingerprint density at radius 3 is 2.43 bits per heavy atom. The third kappa shape index (κ3) is 7.23. The van der Waals surface area contributed by atoms with Gasteiger partial charge in [-0.2, -0.15) is 0 Å². The van der Waals surface area contributed by atoms with Crippen LogP contribution in [0.2, 0.25) is 0 Å². The molecule has 0 aliphatic rings. The van der Waals surface area contributed by atoms with Crippen LogP contribution in [0.15, 0.2) is 35.5 Å². The largest absolute Gasteiger partial charge is 0.496 e. The minimum absolute atomic E-state index is 0. The maximum Gasteiger partial charge on any atom is 0.191 e. The van der Waals surface area contributed by atoms with Crippen molar-refractivity contribution in [1.82, 2.24) is 15.6 Å². The Bertz CT molecular complexity index is 830. The molecule has 1 heterocycles. The van der Waals surface area contributed by atoms with E-state index in [1.54, 1.807) is 14.2 Å². The first-order valence-electron chi connectivity index (χ1n) is 9.81. The first kappa shape index (κ1) is 25.8. The number of guanidine groups is 1. The second kappa shape index (κ2) is 13.1. The number of hydrogen-bond acceptors (Lipinski definition) is 5. The second-order valence-electron chi connectivity index (χ2n) is 6.70. The molecule has 166 valence electrons. The highest BCUT2D eigenvalue weighted by molar-refractivity contribution is 14.0. The number of rotatable bonds is 9. The van der Waals surface area contributed by atoms with Crippen LogP contribution < -0.4 is 24.8 Å². The number of benzene rings is 1. The zero-order chi connectivity index (χ0) is 21.2. The topological polar surface area (TPSA) is 77.0 Å². The highest BCUT2D eigenvalue weighted by atomic mass is 127. The van der Waals surface area contributed by atoms with Crippen LogP contribution in [0.5, 0.6) is 17.2 Å². The van der Waals surface area contributed by atoms with E-state index in [4.69, 9.17) is 14.2 Å². The maximum absolute atomic E-state index is 5.99. The average Bonchev–Trinajstić information content (AvgIpc) is 2.72. The second-order valence-corrected chi connectivity index (χ2v) is 6.70. The molecule has 1 unspecified atom stereocenters. The molecule has 7 nitrogen and oxygen atoms in total. The molecule has 8 heteroatoms. The summed E-state index contributed by atoms with van der Waals surface area (Å²) in [6, 6.07) is 7.62. The predicted octanol–water partition coefficient (Wildman–Crippen LogP) is 3.86. The molecule has 0 saturated heterocycles. The Labute approximate surface area is 196 Å². The molecule has 1 atom stereocenters. The molecule has 2 N–H and O–H groups in total. The summed E-state index contributed by atoms with van der Waals surface area (Å²) in [7, 11) is 3.31. The summed E-state index contributed by atoms with van der Waals surface area (Å²) in [5.41, 5.74) is 2.92. The summed E-state index contributed by atoms with van der Waals surface area (Å²) in [5, 5.41) is 6.58. The summed E-state index contributed by atoms with van der Waals surface area (Å²) < 4.78 is 16.8. The fourth-order valence-electron chi connectivity index (χ4n) is 2.94. The predicted molar refractivity (Wildman–Crippen MR) is 132 cm³/mol. The number of aromatic nitrogens is 1. The number of halogens is 1. The number of aryl methyl sites for hydroxylation is 1. The lowest BCUT2D eigenvalue weighted by Gasteiger charge is -2.19. The number of nitrogens with one attached hydrogen (secondary N) is 2. The van der Waals surface area contributed by atoms with Gasteiger partial charge in [0, 0.05) is 23.9 Å². The Kier molecular flexibility index (Phi) is 11.3. The average molecular weight is 528 g/mol. The van der Waals surface area contributed by atoms with Crippen LogP contribution in [-0.2, 0) is 6.54 Å². The van der Waals surface area contributed by atoms with Crippen LogP contribution in [0.3, 0.4) is 0 Å². The van der Waals surface area contributed by atoms with Crippen LogP contribution in [0.1, 0.15) is 30.7 Å². The van der Waals surface area contributed by atoms with Gasteiger partial charge < -0.3 is 24.8 Å². The number of methoxy groups -OCH3 is 2. The van der Waals surface area contributed by atoms with E-state index in [1.165, 1.54) is 0 Å². The van der Waals surface area contributed by atoms with Crippen molar-refractivity contribution in [2.45, 2.75) is 40.3 Å². The Hall–Kier alpha value is -2.23. The van der Waals surface area contributed by atoms with Gasteiger partial charge >= 0.3 is 0 Å². The van der Waals surface area contributed by atoms with Crippen molar-refractivity contribution < 1.29 is 14.2 Å². The van der Waals surface area contributed by atoms with Crippen LogP contribution in [0.4, 0.5) is 0 Å². The normalized spacial score (nSPS) is 11.9. The van der Waals surface area contributed by atoms with Crippen LogP contribution in [0, 0.1) is 13.8 Å². The smallest absolute Gasteiger partial charge is 0.191 e. The van der Waals surface area contributed by atoms with Crippen molar-refractivity contribution in [3.05, 3.63) is 47.3 Å². The minimum atomic E-state index is -0.0745. The van der Waals surface area contributed by atoms with Crippen LogP contribution in [0.25, 0.3) is 0 Å². The quantitative estimate of drug-likeness (QED) is 0.293. The fraction of sp³-hybridized carbons (Fsp3) is 0.455. The molecule has 0 bridgehead atoms. The van der Waals surface area contributed by atoms with E-state index in [2.05, 4.69) is 20.6 Å². The number of hydrogen-bond donors (Lipinski definition) is 2. The van der Waals surface area contributed by atoms with Crippen molar-refractivity contribution in [2.24, 2.45) is 4.99 Å². The van der Waals surface area contributed by atoms with Crippen molar-refractivity contribution in [3.8, 4) is 17.2 Å². The standard InChI is InChI=1S/C22H32N4O3.HI/c1-7-23-22(26-14-18-17(4)21(28-6)15(2)12-24-18)25-13-16(3)29-20-11-9-8-10-19(20)27-5;/h8-12,16H,7,13-14H2,1-6H3,(H2,23,25,26);1H. The molecule has 30 heavy (non-hydrogen) atoms. The van der Waals surface area contributed by atoms with Gasteiger partial charge in [0.2, 0.25) is 0 Å². The summed E-state index contributed by atoms with van der Waals surface area (Å²) in [6.45, 7) is 9.84. The van der Waals surface area contributed by atoms with Crippen molar-refractivity contribution in [2.75, 3.05) is 27.3 Å². The van der Waals surface area contributed by atoms with Gasteiger partial charge in [-0.25, -0.2) is 4.99 Å². The van der Waals surface area contributed by atoms with Gasteiger partial charge in [0.1, 0.15) is 11.9 Å². The molecule has 2 rings (SSSR count). The molecule has 0 radical (unpaired) electrons. The SMILES string of the molecule is CCNC(=NCc1ncc(C)c(OC)c1C)NCC(C)Oc1ccccc1OC.I. The van der Waals surface area contributed by atoms with Gasteiger partial charge in [0.25, 0.3) is 0 Å².